The van der Waals surface area contributed by atoms with Gasteiger partial charge in [0.2, 0.25) is 0 Å². The van der Waals surface area contributed by atoms with Crippen LogP contribution < -0.4 is 4.74 Å². The van der Waals surface area contributed by atoms with Gasteiger partial charge in [-0.15, -0.1) is 0 Å². The number of likely N-dealkylation sites (N-methyl/N-ethyl adjacent to an activating group) is 1. The van der Waals surface area contributed by atoms with Crippen LogP contribution in [0.4, 0.5) is 0 Å². The summed E-state index contributed by atoms with van der Waals surface area (Å²) in [6, 6.07) is 5.90. The number of nitrogens with zero attached hydrogens (tertiary/aromatic N) is 1. The Bertz CT molecular complexity index is 397. The first-order valence-corrected chi connectivity index (χ1v) is 6.81. The third kappa shape index (κ3) is 3.61. The summed E-state index contributed by atoms with van der Waals surface area (Å²) in [6.07, 6.45) is 2.92. The second-order valence-electron chi connectivity index (χ2n) is 4.88. The standard InChI is InChI=1S/C14H20ClNO2/c1-16-7-6-12(10-16)18-14-5-4-11(3-2-8-17)9-13(14)15/h4-5,9,12,17H,2-3,6-8,10H2,1H3. The Balaban J connectivity index is 1.96. The van der Waals surface area contributed by atoms with E-state index in [4.69, 9.17) is 21.4 Å². The molecule has 0 amide bonds. The first-order valence-electron chi connectivity index (χ1n) is 6.43. The molecule has 0 saturated carbocycles. The number of ether oxygens (including phenoxy) is 1. The lowest BCUT2D eigenvalue weighted by Crippen LogP contribution is -2.21. The van der Waals surface area contributed by atoms with Crippen molar-refractivity contribution in [1.29, 1.82) is 0 Å². The molecule has 1 saturated heterocycles. The van der Waals surface area contributed by atoms with Crippen LogP contribution in [-0.2, 0) is 6.42 Å². The highest BCUT2D eigenvalue weighted by Gasteiger charge is 2.21. The van der Waals surface area contributed by atoms with Crippen LogP contribution >= 0.6 is 11.6 Å². The van der Waals surface area contributed by atoms with E-state index in [1.807, 2.05) is 18.2 Å². The molecular weight excluding hydrogens is 250 g/mol. The summed E-state index contributed by atoms with van der Waals surface area (Å²) in [5.74, 6) is 0.768. The van der Waals surface area contributed by atoms with E-state index in [9.17, 15) is 0 Å². The minimum absolute atomic E-state index is 0.213. The molecule has 1 atom stereocenters. The predicted octanol–water partition coefficient (Wildman–Crippen LogP) is 2.35. The van der Waals surface area contributed by atoms with Crippen LogP contribution in [0.15, 0.2) is 18.2 Å². The van der Waals surface area contributed by atoms with Gasteiger partial charge in [0, 0.05) is 19.7 Å². The maximum atomic E-state index is 8.80. The number of benzene rings is 1. The van der Waals surface area contributed by atoms with Gasteiger partial charge in [0.25, 0.3) is 0 Å². The lowest BCUT2D eigenvalue weighted by molar-refractivity contribution is 0.208. The molecular formula is C14H20ClNO2. The number of likely N-dealkylation sites (tertiary alicyclic amines) is 1. The quantitative estimate of drug-likeness (QED) is 0.891. The van der Waals surface area contributed by atoms with Gasteiger partial charge in [-0.3, -0.25) is 0 Å². The Morgan fingerprint density at radius 3 is 2.94 bits per heavy atom. The Morgan fingerprint density at radius 2 is 2.33 bits per heavy atom. The van der Waals surface area contributed by atoms with Gasteiger partial charge < -0.3 is 14.7 Å². The number of rotatable bonds is 5. The van der Waals surface area contributed by atoms with Crippen molar-refractivity contribution in [2.45, 2.75) is 25.4 Å². The number of hydrogen-bond donors (Lipinski definition) is 1. The molecule has 1 aromatic rings. The summed E-state index contributed by atoms with van der Waals surface area (Å²) in [7, 11) is 2.10. The molecule has 1 aliphatic rings. The molecule has 0 aromatic heterocycles. The monoisotopic (exact) mass is 269 g/mol. The topological polar surface area (TPSA) is 32.7 Å². The fourth-order valence-electron chi connectivity index (χ4n) is 2.25. The third-order valence-electron chi connectivity index (χ3n) is 3.26. The van der Waals surface area contributed by atoms with Crippen LogP contribution in [-0.4, -0.2) is 42.9 Å². The number of aliphatic hydroxyl groups excluding tert-OH is 1. The molecule has 3 nitrogen and oxygen atoms in total. The van der Waals surface area contributed by atoms with Gasteiger partial charge in [0.1, 0.15) is 11.9 Å². The first-order chi connectivity index (χ1) is 8.69. The minimum Gasteiger partial charge on any atom is -0.487 e. The Hall–Kier alpha value is -0.770. The van der Waals surface area contributed by atoms with E-state index in [0.717, 1.165) is 43.7 Å². The summed E-state index contributed by atoms with van der Waals surface area (Å²) in [4.78, 5) is 2.26. The largest absolute Gasteiger partial charge is 0.487 e. The molecule has 18 heavy (non-hydrogen) atoms. The van der Waals surface area contributed by atoms with Gasteiger partial charge in [0.15, 0.2) is 0 Å². The van der Waals surface area contributed by atoms with Gasteiger partial charge in [-0.2, -0.15) is 0 Å². The number of halogens is 1. The maximum Gasteiger partial charge on any atom is 0.138 e. The molecule has 4 heteroatoms. The van der Waals surface area contributed by atoms with Gasteiger partial charge in [-0.25, -0.2) is 0 Å². The Labute approximate surface area is 113 Å². The second-order valence-corrected chi connectivity index (χ2v) is 5.29. The van der Waals surface area contributed by atoms with Crippen molar-refractivity contribution in [3.8, 4) is 5.75 Å². The van der Waals surface area contributed by atoms with E-state index >= 15 is 0 Å². The molecule has 0 bridgehead atoms. The van der Waals surface area contributed by atoms with E-state index in [1.54, 1.807) is 0 Å². The second kappa shape index (κ2) is 6.41. The fraction of sp³-hybridized carbons (Fsp3) is 0.571. The van der Waals surface area contributed by atoms with E-state index in [0.29, 0.717) is 5.02 Å². The van der Waals surface area contributed by atoms with Crippen LogP contribution in [0.1, 0.15) is 18.4 Å². The predicted molar refractivity (Wildman–Crippen MR) is 73.4 cm³/mol. The highest BCUT2D eigenvalue weighted by molar-refractivity contribution is 6.32. The smallest absolute Gasteiger partial charge is 0.138 e. The van der Waals surface area contributed by atoms with E-state index in [2.05, 4.69) is 11.9 Å². The molecule has 2 rings (SSSR count). The van der Waals surface area contributed by atoms with Crippen LogP contribution in [0.5, 0.6) is 5.75 Å². The summed E-state index contributed by atoms with van der Waals surface area (Å²) in [6.45, 7) is 2.25. The molecule has 100 valence electrons. The van der Waals surface area contributed by atoms with Gasteiger partial charge in [-0.1, -0.05) is 17.7 Å². The summed E-state index contributed by atoms with van der Waals surface area (Å²) in [5.41, 5.74) is 1.14. The van der Waals surface area contributed by atoms with Crippen molar-refractivity contribution in [2.75, 3.05) is 26.7 Å². The third-order valence-corrected chi connectivity index (χ3v) is 3.56. The van der Waals surface area contributed by atoms with Crippen molar-refractivity contribution < 1.29 is 9.84 Å². The molecule has 0 aliphatic carbocycles. The van der Waals surface area contributed by atoms with Crippen molar-refractivity contribution in [1.82, 2.24) is 4.90 Å². The van der Waals surface area contributed by atoms with Crippen molar-refractivity contribution in [2.24, 2.45) is 0 Å². The molecule has 1 heterocycles. The van der Waals surface area contributed by atoms with Crippen molar-refractivity contribution >= 4 is 11.6 Å². The highest BCUT2D eigenvalue weighted by Crippen LogP contribution is 2.28. The van der Waals surface area contributed by atoms with Gasteiger partial charge >= 0.3 is 0 Å². The van der Waals surface area contributed by atoms with Crippen LogP contribution in [0.2, 0.25) is 5.02 Å². The van der Waals surface area contributed by atoms with E-state index in [-0.39, 0.29) is 12.7 Å². The molecule has 0 spiro atoms. The Kier molecular flexibility index (Phi) is 4.87. The highest BCUT2D eigenvalue weighted by atomic mass is 35.5. The van der Waals surface area contributed by atoms with Crippen LogP contribution in [0.3, 0.4) is 0 Å². The summed E-state index contributed by atoms with van der Waals surface area (Å²) < 4.78 is 5.91. The summed E-state index contributed by atoms with van der Waals surface area (Å²) in [5, 5.41) is 9.47. The molecule has 1 aromatic carbocycles. The van der Waals surface area contributed by atoms with Crippen LogP contribution in [0.25, 0.3) is 0 Å². The van der Waals surface area contributed by atoms with Gasteiger partial charge in [0.05, 0.1) is 5.02 Å². The molecule has 1 unspecified atom stereocenters. The van der Waals surface area contributed by atoms with Gasteiger partial charge in [-0.05, 0) is 44.0 Å². The first kappa shape index (κ1) is 13.7. The maximum absolute atomic E-state index is 8.80. The molecule has 1 aliphatic heterocycles. The zero-order valence-corrected chi connectivity index (χ0v) is 11.5. The van der Waals surface area contributed by atoms with E-state index < -0.39 is 0 Å². The zero-order chi connectivity index (χ0) is 13.0. The number of hydrogen-bond acceptors (Lipinski definition) is 3. The zero-order valence-electron chi connectivity index (χ0n) is 10.7. The average Bonchev–Trinajstić information content (AvgIpc) is 2.75. The number of aryl methyl sites for hydroxylation is 1. The SMILES string of the molecule is CN1CCC(Oc2ccc(CCCO)cc2Cl)C1. The number of aliphatic hydroxyl groups is 1. The molecule has 1 fully saturated rings. The lowest BCUT2D eigenvalue weighted by Gasteiger charge is -2.15. The normalized spacial score (nSPS) is 20.3. The molecule has 0 radical (unpaired) electrons. The lowest BCUT2D eigenvalue weighted by atomic mass is 10.1. The van der Waals surface area contributed by atoms with Crippen LogP contribution in [0, 0.1) is 0 Å². The average molecular weight is 270 g/mol. The van der Waals surface area contributed by atoms with E-state index in [1.165, 1.54) is 0 Å². The summed E-state index contributed by atoms with van der Waals surface area (Å²) >= 11 is 6.22. The Morgan fingerprint density at radius 1 is 1.50 bits per heavy atom. The molecule has 1 N–H and O–H groups in total. The van der Waals surface area contributed by atoms with Crippen molar-refractivity contribution in [3.63, 3.8) is 0 Å². The minimum atomic E-state index is 0.213. The fourth-order valence-corrected chi connectivity index (χ4v) is 2.50. The van der Waals surface area contributed by atoms with Crippen molar-refractivity contribution in [3.05, 3.63) is 28.8 Å².